The molecule has 2 rings (SSSR count). The Balaban J connectivity index is 0.00000128. The van der Waals surface area contributed by atoms with Crippen LogP contribution in [0.25, 0.3) is 0 Å². The fourth-order valence-corrected chi connectivity index (χ4v) is 1.94. The maximum absolute atomic E-state index is 5.24. The summed E-state index contributed by atoms with van der Waals surface area (Å²) in [7, 11) is 0. The molecule has 1 aliphatic rings. The molecule has 5 heteroatoms. The van der Waals surface area contributed by atoms with E-state index in [9.17, 15) is 0 Å². The normalized spacial score (nSPS) is 20.8. The van der Waals surface area contributed by atoms with Crippen molar-refractivity contribution in [2.45, 2.75) is 39.0 Å². The first-order chi connectivity index (χ1) is 7.25. The first-order valence-electron chi connectivity index (χ1n) is 5.79. The second kappa shape index (κ2) is 6.21. The fraction of sp³-hybridized carbons (Fsp3) is 0.818. The average molecular weight is 246 g/mol. The number of halogens is 1. The van der Waals surface area contributed by atoms with Crippen LogP contribution >= 0.6 is 12.4 Å². The number of rotatable bonds is 3. The monoisotopic (exact) mass is 245 g/mol. The van der Waals surface area contributed by atoms with Gasteiger partial charge in [-0.3, -0.25) is 0 Å². The molecular formula is C11H20ClN3O. The zero-order valence-electron chi connectivity index (χ0n) is 9.90. The van der Waals surface area contributed by atoms with Gasteiger partial charge in [-0.2, -0.15) is 4.98 Å². The summed E-state index contributed by atoms with van der Waals surface area (Å²) >= 11 is 0. The van der Waals surface area contributed by atoms with Crippen LogP contribution in [0.2, 0.25) is 0 Å². The van der Waals surface area contributed by atoms with Gasteiger partial charge in [0.15, 0.2) is 5.82 Å². The SMILES string of the molecule is CC(C)Cc1nc(C2CCCNC2)no1.Cl. The number of piperidine rings is 1. The summed E-state index contributed by atoms with van der Waals surface area (Å²) in [4.78, 5) is 4.46. The van der Waals surface area contributed by atoms with E-state index in [0.29, 0.717) is 11.8 Å². The molecular weight excluding hydrogens is 226 g/mol. The van der Waals surface area contributed by atoms with Crippen molar-refractivity contribution in [2.75, 3.05) is 13.1 Å². The van der Waals surface area contributed by atoms with Crippen LogP contribution in [-0.2, 0) is 6.42 Å². The molecule has 92 valence electrons. The molecule has 1 aliphatic heterocycles. The second-order valence-corrected chi connectivity index (χ2v) is 4.69. The lowest BCUT2D eigenvalue weighted by molar-refractivity contribution is 0.350. The van der Waals surface area contributed by atoms with Gasteiger partial charge in [-0.25, -0.2) is 0 Å². The van der Waals surface area contributed by atoms with E-state index in [4.69, 9.17) is 4.52 Å². The van der Waals surface area contributed by atoms with E-state index in [1.54, 1.807) is 0 Å². The van der Waals surface area contributed by atoms with E-state index in [0.717, 1.165) is 31.2 Å². The van der Waals surface area contributed by atoms with Crippen LogP contribution in [0.5, 0.6) is 0 Å². The Bertz CT molecular complexity index is 308. The Labute approximate surface area is 103 Å². The van der Waals surface area contributed by atoms with E-state index < -0.39 is 0 Å². The number of hydrogen-bond acceptors (Lipinski definition) is 4. The zero-order chi connectivity index (χ0) is 10.7. The number of hydrogen-bond donors (Lipinski definition) is 1. The third-order valence-corrected chi connectivity index (χ3v) is 2.73. The first-order valence-corrected chi connectivity index (χ1v) is 5.79. The molecule has 0 spiro atoms. The Hall–Kier alpha value is -0.610. The summed E-state index contributed by atoms with van der Waals surface area (Å²) in [6.07, 6.45) is 3.26. The molecule has 1 N–H and O–H groups in total. The van der Waals surface area contributed by atoms with Crippen molar-refractivity contribution in [1.29, 1.82) is 0 Å². The number of nitrogens with zero attached hydrogens (tertiary/aromatic N) is 2. The molecule has 1 unspecified atom stereocenters. The molecule has 1 aromatic heterocycles. The van der Waals surface area contributed by atoms with Crippen molar-refractivity contribution in [3.8, 4) is 0 Å². The molecule has 0 aliphatic carbocycles. The summed E-state index contributed by atoms with van der Waals surface area (Å²) in [6.45, 7) is 6.42. The molecule has 0 amide bonds. The molecule has 1 atom stereocenters. The highest BCUT2D eigenvalue weighted by molar-refractivity contribution is 5.85. The maximum Gasteiger partial charge on any atom is 0.226 e. The number of nitrogens with one attached hydrogen (secondary N) is 1. The Morgan fingerprint density at radius 1 is 1.50 bits per heavy atom. The van der Waals surface area contributed by atoms with E-state index in [2.05, 4.69) is 29.3 Å². The van der Waals surface area contributed by atoms with Crippen molar-refractivity contribution < 1.29 is 4.52 Å². The van der Waals surface area contributed by atoms with Crippen molar-refractivity contribution in [3.05, 3.63) is 11.7 Å². The van der Waals surface area contributed by atoms with Gasteiger partial charge in [-0.1, -0.05) is 19.0 Å². The maximum atomic E-state index is 5.24. The van der Waals surface area contributed by atoms with E-state index >= 15 is 0 Å². The molecule has 0 bridgehead atoms. The van der Waals surface area contributed by atoms with Gasteiger partial charge in [-0.05, 0) is 25.3 Å². The largest absolute Gasteiger partial charge is 0.339 e. The summed E-state index contributed by atoms with van der Waals surface area (Å²) in [5, 5.41) is 7.43. The lowest BCUT2D eigenvalue weighted by atomic mass is 9.99. The molecule has 1 fully saturated rings. The van der Waals surface area contributed by atoms with Gasteiger partial charge >= 0.3 is 0 Å². The summed E-state index contributed by atoms with van der Waals surface area (Å²) < 4.78 is 5.24. The van der Waals surface area contributed by atoms with Crippen LogP contribution in [0.4, 0.5) is 0 Å². The minimum absolute atomic E-state index is 0. The highest BCUT2D eigenvalue weighted by Gasteiger charge is 2.20. The van der Waals surface area contributed by atoms with E-state index in [1.165, 1.54) is 12.8 Å². The van der Waals surface area contributed by atoms with Gasteiger partial charge in [0.2, 0.25) is 5.89 Å². The van der Waals surface area contributed by atoms with Crippen LogP contribution in [0.15, 0.2) is 4.52 Å². The lowest BCUT2D eigenvalue weighted by Gasteiger charge is -2.19. The summed E-state index contributed by atoms with van der Waals surface area (Å²) in [5.74, 6) is 2.69. The molecule has 2 heterocycles. The van der Waals surface area contributed by atoms with Crippen LogP contribution in [-0.4, -0.2) is 23.2 Å². The lowest BCUT2D eigenvalue weighted by Crippen LogP contribution is -2.28. The van der Waals surface area contributed by atoms with Gasteiger partial charge in [0, 0.05) is 18.9 Å². The predicted molar refractivity (Wildman–Crippen MR) is 64.9 cm³/mol. The predicted octanol–water partition coefficient (Wildman–Crippen LogP) is 2.16. The van der Waals surface area contributed by atoms with Crippen molar-refractivity contribution >= 4 is 12.4 Å². The Morgan fingerprint density at radius 2 is 2.31 bits per heavy atom. The van der Waals surface area contributed by atoms with Crippen LogP contribution in [0, 0.1) is 5.92 Å². The second-order valence-electron chi connectivity index (χ2n) is 4.69. The van der Waals surface area contributed by atoms with Crippen LogP contribution in [0.1, 0.15) is 44.3 Å². The highest BCUT2D eigenvalue weighted by atomic mass is 35.5. The first kappa shape index (κ1) is 13.5. The standard InChI is InChI=1S/C11H19N3O.ClH/c1-8(2)6-10-13-11(14-15-10)9-4-3-5-12-7-9;/h8-9,12H,3-7H2,1-2H3;1H. The van der Waals surface area contributed by atoms with Gasteiger partial charge in [0.25, 0.3) is 0 Å². The van der Waals surface area contributed by atoms with Gasteiger partial charge in [-0.15, -0.1) is 12.4 Å². The number of aromatic nitrogens is 2. The van der Waals surface area contributed by atoms with Crippen LogP contribution < -0.4 is 5.32 Å². The van der Waals surface area contributed by atoms with E-state index in [-0.39, 0.29) is 12.4 Å². The third kappa shape index (κ3) is 3.46. The quantitative estimate of drug-likeness (QED) is 0.887. The highest BCUT2D eigenvalue weighted by Crippen LogP contribution is 2.20. The Morgan fingerprint density at radius 3 is 2.94 bits per heavy atom. The van der Waals surface area contributed by atoms with Gasteiger partial charge < -0.3 is 9.84 Å². The topological polar surface area (TPSA) is 51.0 Å². The molecule has 16 heavy (non-hydrogen) atoms. The van der Waals surface area contributed by atoms with Gasteiger partial charge in [0.05, 0.1) is 0 Å². The summed E-state index contributed by atoms with van der Waals surface area (Å²) in [5.41, 5.74) is 0. The minimum Gasteiger partial charge on any atom is -0.339 e. The molecule has 0 aromatic carbocycles. The molecule has 0 radical (unpaired) electrons. The van der Waals surface area contributed by atoms with Crippen molar-refractivity contribution in [1.82, 2.24) is 15.5 Å². The van der Waals surface area contributed by atoms with Crippen molar-refractivity contribution in [3.63, 3.8) is 0 Å². The van der Waals surface area contributed by atoms with Crippen molar-refractivity contribution in [2.24, 2.45) is 5.92 Å². The summed E-state index contributed by atoms with van der Waals surface area (Å²) in [6, 6.07) is 0. The molecule has 4 nitrogen and oxygen atoms in total. The zero-order valence-corrected chi connectivity index (χ0v) is 10.7. The third-order valence-electron chi connectivity index (χ3n) is 2.73. The minimum atomic E-state index is 0. The van der Waals surface area contributed by atoms with Gasteiger partial charge in [0.1, 0.15) is 0 Å². The smallest absolute Gasteiger partial charge is 0.226 e. The fourth-order valence-electron chi connectivity index (χ4n) is 1.94. The molecule has 1 saturated heterocycles. The Kier molecular flexibility index (Phi) is 5.22. The molecule has 1 aromatic rings. The van der Waals surface area contributed by atoms with Crippen LogP contribution in [0.3, 0.4) is 0 Å². The van der Waals surface area contributed by atoms with E-state index in [1.807, 2.05) is 0 Å². The average Bonchev–Trinajstić information content (AvgIpc) is 2.67. The molecule has 0 saturated carbocycles.